The third-order valence-corrected chi connectivity index (χ3v) is 7.40. The van der Waals surface area contributed by atoms with Crippen LogP contribution in [0.3, 0.4) is 0 Å². The van der Waals surface area contributed by atoms with Crippen LogP contribution in [0.1, 0.15) is 11.1 Å². The Morgan fingerprint density at radius 1 is 0.625 bits per heavy atom. The maximum atomic E-state index is 6.77. The number of benzene rings is 4. The van der Waals surface area contributed by atoms with Crippen LogP contribution in [0.5, 0.6) is 0 Å². The molecule has 4 aromatic carbocycles. The summed E-state index contributed by atoms with van der Waals surface area (Å²) in [6.07, 6.45) is 0. The van der Waals surface area contributed by atoms with Gasteiger partial charge < -0.3 is 16.4 Å². The van der Waals surface area contributed by atoms with Crippen LogP contribution in [0.15, 0.2) is 84.9 Å². The average molecular weight is 650 g/mol. The van der Waals surface area contributed by atoms with Crippen molar-refractivity contribution in [3.05, 3.63) is 116 Å². The van der Waals surface area contributed by atoms with E-state index in [0.717, 1.165) is 11.1 Å². The van der Waals surface area contributed by atoms with Crippen LogP contribution >= 0.6 is 70.8 Å². The van der Waals surface area contributed by atoms with Crippen LogP contribution in [-0.2, 0) is 13.1 Å². The first kappa shape index (κ1) is 30.0. The summed E-state index contributed by atoms with van der Waals surface area (Å²) in [6.45, 7) is 1.03. The zero-order chi connectivity index (χ0) is 28.6. The SMILES string of the molecule is Nc1cc(Cl)c(-c2cc(Cl)c(N(NC(=S)NCc3ccccc3)NC(=S)NCc3ccccc3)cc2Cl)cc1Cl. The van der Waals surface area contributed by atoms with Crippen LogP contribution in [0.4, 0.5) is 11.4 Å². The normalized spacial score (nSPS) is 10.5. The van der Waals surface area contributed by atoms with Crippen molar-refractivity contribution in [1.29, 1.82) is 0 Å². The minimum absolute atomic E-state index is 0.326. The summed E-state index contributed by atoms with van der Waals surface area (Å²) in [4.78, 5) is 0. The number of nitrogens with one attached hydrogen (secondary N) is 4. The second kappa shape index (κ2) is 14.1. The molecule has 0 spiro atoms. The fourth-order valence-corrected chi connectivity index (χ4v) is 4.94. The predicted molar refractivity (Wildman–Crippen MR) is 177 cm³/mol. The highest BCUT2D eigenvalue weighted by Gasteiger charge is 2.19. The van der Waals surface area contributed by atoms with Gasteiger partial charge in [0.15, 0.2) is 10.2 Å². The zero-order valence-corrected chi connectivity index (χ0v) is 25.5. The quantitative estimate of drug-likeness (QED) is 0.0763. The molecule has 0 aromatic heterocycles. The number of hydrazine groups is 2. The summed E-state index contributed by atoms with van der Waals surface area (Å²) in [5.74, 6) is 0. The van der Waals surface area contributed by atoms with Crippen LogP contribution in [0.25, 0.3) is 11.1 Å². The van der Waals surface area contributed by atoms with Gasteiger partial charge in [-0.05, 0) is 59.8 Å². The average Bonchev–Trinajstić information content (AvgIpc) is 2.94. The van der Waals surface area contributed by atoms with Crippen molar-refractivity contribution in [3.8, 4) is 11.1 Å². The van der Waals surface area contributed by atoms with Gasteiger partial charge in [-0.25, -0.2) is 0 Å². The van der Waals surface area contributed by atoms with Gasteiger partial charge in [-0.3, -0.25) is 10.9 Å². The Morgan fingerprint density at radius 2 is 1.07 bits per heavy atom. The molecule has 0 heterocycles. The molecule has 0 unspecified atom stereocenters. The maximum absolute atomic E-state index is 6.77. The van der Waals surface area contributed by atoms with Crippen molar-refractivity contribution < 1.29 is 0 Å². The highest BCUT2D eigenvalue weighted by molar-refractivity contribution is 7.80. The molecule has 0 saturated heterocycles. The smallest absolute Gasteiger partial charge is 0.187 e. The molecule has 4 rings (SSSR count). The van der Waals surface area contributed by atoms with Crippen molar-refractivity contribution in [1.82, 2.24) is 21.5 Å². The number of hydrogen-bond acceptors (Lipinski definition) is 4. The summed E-state index contributed by atoms with van der Waals surface area (Å²) < 4.78 is 0. The number of hydrogen-bond donors (Lipinski definition) is 5. The molecule has 4 aromatic rings. The first-order valence-corrected chi connectivity index (χ1v) is 14.2. The fraction of sp³-hybridized carbons (Fsp3) is 0.0714. The summed E-state index contributed by atoms with van der Waals surface area (Å²) in [7, 11) is 0. The van der Waals surface area contributed by atoms with Crippen molar-refractivity contribution in [2.75, 3.05) is 10.9 Å². The summed E-state index contributed by atoms with van der Waals surface area (Å²) >= 11 is 37.3. The second-order valence-corrected chi connectivity index (χ2v) is 11.0. The minimum atomic E-state index is 0.326. The van der Waals surface area contributed by atoms with E-state index in [0.29, 0.717) is 65.9 Å². The third kappa shape index (κ3) is 8.04. The number of anilines is 2. The number of nitrogen functional groups attached to an aromatic ring is 1. The molecule has 0 bridgehead atoms. The van der Waals surface area contributed by atoms with Crippen LogP contribution < -0.4 is 32.3 Å². The molecule has 0 amide bonds. The first-order valence-electron chi connectivity index (χ1n) is 11.9. The molecule has 6 nitrogen and oxygen atoms in total. The Kier molecular flexibility index (Phi) is 10.6. The molecule has 0 aliphatic rings. The molecule has 12 heteroatoms. The number of nitrogens with zero attached hydrogens (tertiary/aromatic N) is 1. The number of rotatable bonds is 8. The molecule has 0 aliphatic carbocycles. The Hall–Kier alpha value is -2.98. The van der Waals surface area contributed by atoms with E-state index in [-0.39, 0.29) is 0 Å². The molecule has 6 N–H and O–H groups in total. The van der Waals surface area contributed by atoms with E-state index in [1.54, 1.807) is 24.3 Å². The van der Waals surface area contributed by atoms with Crippen molar-refractivity contribution >= 4 is 92.4 Å². The molecule has 0 radical (unpaired) electrons. The maximum Gasteiger partial charge on any atom is 0.187 e. The first-order chi connectivity index (χ1) is 19.2. The van der Waals surface area contributed by atoms with E-state index in [4.69, 9.17) is 76.6 Å². The van der Waals surface area contributed by atoms with Gasteiger partial charge in [0.25, 0.3) is 0 Å². The highest BCUT2D eigenvalue weighted by Crippen LogP contribution is 2.41. The van der Waals surface area contributed by atoms with Gasteiger partial charge in [0.05, 0.1) is 25.8 Å². The lowest BCUT2D eigenvalue weighted by Crippen LogP contribution is -2.57. The summed E-state index contributed by atoms with van der Waals surface area (Å²) in [5, 5.41) is 9.93. The summed E-state index contributed by atoms with van der Waals surface area (Å²) in [5.41, 5.74) is 16.2. The number of nitrogens with two attached hydrogens (primary N) is 1. The van der Waals surface area contributed by atoms with Gasteiger partial charge in [0, 0.05) is 24.2 Å². The summed E-state index contributed by atoms with van der Waals surface area (Å²) in [6, 6.07) is 26.3. The monoisotopic (exact) mass is 648 g/mol. The van der Waals surface area contributed by atoms with E-state index in [1.165, 1.54) is 5.12 Å². The molecule has 40 heavy (non-hydrogen) atoms. The molecule has 0 aliphatic heterocycles. The van der Waals surface area contributed by atoms with Crippen molar-refractivity contribution in [2.24, 2.45) is 0 Å². The van der Waals surface area contributed by atoms with Crippen molar-refractivity contribution in [3.63, 3.8) is 0 Å². The van der Waals surface area contributed by atoms with E-state index >= 15 is 0 Å². The van der Waals surface area contributed by atoms with Crippen LogP contribution in [-0.4, -0.2) is 10.2 Å². The van der Waals surface area contributed by atoms with Gasteiger partial charge in [0.1, 0.15) is 5.69 Å². The Bertz CT molecular complexity index is 1450. The van der Waals surface area contributed by atoms with Crippen LogP contribution in [0, 0.1) is 0 Å². The van der Waals surface area contributed by atoms with Gasteiger partial charge in [0.2, 0.25) is 0 Å². The molecular formula is C28H24Cl4N6S2. The number of halogens is 4. The van der Waals surface area contributed by atoms with Gasteiger partial charge in [-0.15, -0.1) is 0 Å². The molecule has 206 valence electrons. The number of thiocarbonyl (C=S) groups is 2. The zero-order valence-electron chi connectivity index (χ0n) is 20.9. The van der Waals surface area contributed by atoms with Crippen LogP contribution in [0.2, 0.25) is 20.1 Å². The lowest BCUT2D eigenvalue weighted by Gasteiger charge is -2.29. The Labute approximate surface area is 263 Å². The van der Waals surface area contributed by atoms with Gasteiger partial charge in [-0.2, -0.15) is 5.12 Å². The predicted octanol–water partition coefficient (Wildman–Crippen LogP) is 7.51. The largest absolute Gasteiger partial charge is 0.397 e. The minimum Gasteiger partial charge on any atom is -0.397 e. The van der Waals surface area contributed by atoms with E-state index in [1.807, 2.05) is 60.7 Å². The third-order valence-electron chi connectivity index (χ3n) is 5.67. The Balaban J connectivity index is 1.58. The van der Waals surface area contributed by atoms with Gasteiger partial charge in [-0.1, -0.05) is 107 Å². The molecule has 0 atom stereocenters. The van der Waals surface area contributed by atoms with Crippen molar-refractivity contribution in [2.45, 2.75) is 13.1 Å². The lowest BCUT2D eigenvalue weighted by atomic mass is 10.0. The standard InChI is InChI=1S/C28H24Cl4N6S2/c29-21-13-25(33)23(31)11-19(21)20-12-24(32)26(14-22(20)30)38(36-27(39)34-15-17-7-3-1-4-8-17)37-28(40)35-16-18-9-5-2-6-10-18/h1-14H,15-16,33H2,(H2,34,36,39)(H2,35,37,40). The Morgan fingerprint density at radius 3 is 1.57 bits per heavy atom. The highest BCUT2D eigenvalue weighted by atomic mass is 35.5. The lowest BCUT2D eigenvalue weighted by molar-refractivity contribution is 0.696. The van der Waals surface area contributed by atoms with E-state index < -0.39 is 0 Å². The fourth-order valence-electron chi connectivity index (χ4n) is 3.67. The van der Waals surface area contributed by atoms with Gasteiger partial charge >= 0.3 is 0 Å². The second-order valence-electron chi connectivity index (χ2n) is 8.53. The molecule has 0 fully saturated rings. The molecule has 0 saturated carbocycles. The van der Waals surface area contributed by atoms with E-state index in [2.05, 4.69) is 21.5 Å². The topological polar surface area (TPSA) is 77.4 Å². The van der Waals surface area contributed by atoms with E-state index in [9.17, 15) is 0 Å². The molecular weight excluding hydrogens is 626 g/mol.